The Labute approximate surface area is 133 Å². The lowest BCUT2D eigenvalue weighted by Gasteiger charge is -2.12. The molecule has 0 aromatic heterocycles. The maximum atomic E-state index is 2.42. The van der Waals surface area contributed by atoms with Gasteiger partial charge in [0.05, 0.1) is 0 Å². The largest absolute Gasteiger partial charge is 0.0654 e. The van der Waals surface area contributed by atoms with Gasteiger partial charge in [-0.05, 0) is 43.2 Å². The van der Waals surface area contributed by atoms with Crippen LogP contribution in [0.1, 0.15) is 77.2 Å². The molecule has 21 heavy (non-hydrogen) atoms. The summed E-state index contributed by atoms with van der Waals surface area (Å²) in [5.74, 6) is 0.749. The summed E-state index contributed by atoms with van der Waals surface area (Å²) < 4.78 is 0. The van der Waals surface area contributed by atoms with Crippen LogP contribution in [0, 0.1) is 5.92 Å². The van der Waals surface area contributed by atoms with Gasteiger partial charge in [0, 0.05) is 0 Å². The van der Waals surface area contributed by atoms with E-state index in [4.69, 9.17) is 0 Å². The van der Waals surface area contributed by atoms with E-state index in [2.05, 4.69) is 44.2 Å². The molecule has 2 rings (SSSR count). The molecule has 1 heteroatoms. The van der Waals surface area contributed by atoms with Crippen molar-refractivity contribution in [1.82, 2.24) is 0 Å². The molecule has 1 aromatic carbocycles. The minimum Gasteiger partial charge on any atom is -0.0654 e. The molecule has 1 aliphatic heterocycles. The molecule has 0 amide bonds. The highest BCUT2D eigenvalue weighted by Crippen LogP contribution is 2.40. The molecular weight excluding hydrogens is 271 g/mol. The van der Waals surface area contributed by atoms with Crippen molar-refractivity contribution in [2.24, 2.45) is 5.92 Å². The standard InChI is InChI=1S/C20H30P/c1-3-4-5-6-7-8-9-10-13-17(2)20-16-18-14-11-12-15-19(18)21-20/h11-12,14-17H,3-10,13H2,1-2H3. The van der Waals surface area contributed by atoms with Gasteiger partial charge in [-0.3, -0.25) is 0 Å². The minimum atomic E-state index is 0.749. The molecule has 1 aromatic rings. The second kappa shape index (κ2) is 9.42. The van der Waals surface area contributed by atoms with Crippen LogP contribution in [0.3, 0.4) is 0 Å². The highest BCUT2D eigenvalue weighted by atomic mass is 31.1. The van der Waals surface area contributed by atoms with Crippen molar-refractivity contribution in [3.05, 3.63) is 35.1 Å². The first kappa shape index (κ1) is 16.8. The number of benzene rings is 1. The Morgan fingerprint density at radius 3 is 2.29 bits per heavy atom. The quantitative estimate of drug-likeness (QED) is 0.330. The lowest BCUT2D eigenvalue weighted by molar-refractivity contribution is 0.530. The smallest absolute Gasteiger partial charge is 0.00768 e. The van der Waals surface area contributed by atoms with E-state index >= 15 is 0 Å². The average molecular weight is 301 g/mol. The predicted molar refractivity (Wildman–Crippen MR) is 97.4 cm³/mol. The molecule has 0 fully saturated rings. The maximum absolute atomic E-state index is 2.42. The Balaban J connectivity index is 1.58. The Morgan fingerprint density at radius 1 is 0.905 bits per heavy atom. The summed E-state index contributed by atoms with van der Waals surface area (Å²) in [5.41, 5.74) is 1.44. The van der Waals surface area contributed by atoms with Crippen LogP contribution in [-0.4, -0.2) is 0 Å². The highest BCUT2D eigenvalue weighted by Gasteiger charge is 2.17. The van der Waals surface area contributed by atoms with Crippen LogP contribution in [0.25, 0.3) is 6.08 Å². The summed E-state index contributed by atoms with van der Waals surface area (Å²) in [6.45, 7) is 4.70. The maximum Gasteiger partial charge on any atom is -0.00768 e. The van der Waals surface area contributed by atoms with Gasteiger partial charge < -0.3 is 0 Å². The molecule has 0 saturated carbocycles. The van der Waals surface area contributed by atoms with Crippen molar-refractivity contribution >= 4 is 20.0 Å². The summed E-state index contributed by atoms with van der Waals surface area (Å²) >= 11 is 0. The van der Waals surface area contributed by atoms with Crippen LogP contribution >= 0.6 is 8.58 Å². The molecule has 0 spiro atoms. The van der Waals surface area contributed by atoms with Gasteiger partial charge in [0.15, 0.2) is 0 Å². The molecule has 115 valence electrons. The second-order valence-corrected chi connectivity index (χ2v) is 7.63. The summed E-state index contributed by atoms with van der Waals surface area (Å²) in [6, 6.07) is 8.82. The molecule has 0 saturated heterocycles. The highest BCUT2D eigenvalue weighted by molar-refractivity contribution is 7.53. The molecule has 0 nitrogen and oxygen atoms in total. The topological polar surface area (TPSA) is 0 Å². The monoisotopic (exact) mass is 301 g/mol. The first-order chi connectivity index (χ1) is 10.3. The van der Waals surface area contributed by atoms with Crippen LogP contribution < -0.4 is 5.30 Å². The van der Waals surface area contributed by atoms with E-state index in [1.54, 1.807) is 5.31 Å². The zero-order chi connectivity index (χ0) is 14.9. The molecule has 1 radical (unpaired) electrons. The van der Waals surface area contributed by atoms with Gasteiger partial charge in [-0.1, -0.05) is 89.5 Å². The van der Waals surface area contributed by atoms with Crippen molar-refractivity contribution in [2.75, 3.05) is 0 Å². The van der Waals surface area contributed by atoms with E-state index < -0.39 is 0 Å². The Morgan fingerprint density at radius 2 is 1.57 bits per heavy atom. The lowest BCUT2D eigenvalue weighted by Crippen LogP contribution is -1.96. The van der Waals surface area contributed by atoms with Gasteiger partial charge in [-0.25, -0.2) is 0 Å². The first-order valence-electron chi connectivity index (χ1n) is 8.83. The molecule has 1 heterocycles. The van der Waals surface area contributed by atoms with Crippen LogP contribution in [0.15, 0.2) is 29.6 Å². The first-order valence-corrected chi connectivity index (χ1v) is 9.73. The molecule has 0 aliphatic carbocycles. The van der Waals surface area contributed by atoms with E-state index in [1.165, 1.54) is 77.2 Å². The minimum absolute atomic E-state index is 0.749. The fourth-order valence-electron chi connectivity index (χ4n) is 3.03. The number of hydrogen-bond donors (Lipinski definition) is 0. The zero-order valence-electron chi connectivity index (χ0n) is 13.8. The zero-order valence-corrected chi connectivity index (χ0v) is 14.7. The van der Waals surface area contributed by atoms with E-state index in [9.17, 15) is 0 Å². The summed E-state index contributed by atoms with van der Waals surface area (Å²) in [6.07, 6.45) is 15.2. The van der Waals surface area contributed by atoms with Gasteiger partial charge in [0.1, 0.15) is 0 Å². The van der Waals surface area contributed by atoms with E-state index in [0.717, 1.165) is 5.92 Å². The third-order valence-electron chi connectivity index (χ3n) is 4.49. The molecule has 0 bridgehead atoms. The lowest BCUT2D eigenvalue weighted by atomic mass is 10.00. The Hall–Kier alpha value is -0.610. The van der Waals surface area contributed by atoms with Gasteiger partial charge in [0.25, 0.3) is 0 Å². The SMILES string of the molecule is CCCCCCCCCCC(C)C1=Cc2ccccc2[P]1. The third kappa shape index (κ3) is 5.59. The van der Waals surface area contributed by atoms with Crippen LogP contribution in [-0.2, 0) is 0 Å². The Bertz CT molecular complexity index is 447. The molecular formula is C20H30P. The van der Waals surface area contributed by atoms with E-state index in [0.29, 0.717) is 0 Å². The van der Waals surface area contributed by atoms with Crippen molar-refractivity contribution in [3.63, 3.8) is 0 Å². The normalized spacial score (nSPS) is 16.0. The van der Waals surface area contributed by atoms with E-state index in [-0.39, 0.29) is 0 Å². The fourth-order valence-corrected chi connectivity index (χ4v) is 4.29. The van der Waals surface area contributed by atoms with Gasteiger partial charge in [-0.15, -0.1) is 0 Å². The van der Waals surface area contributed by atoms with Crippen molar-refractivity contribution in [3.8, 4) is 0 Å². The molecule has 1 atom stereocenters. The Kier molecular flexibility index (Phi) is 7.51. The summed E-state index contributed by atoms with van der Waals surface area (Å²) in [5, 5.41) is 3.12. The molecule has 0 N–H and O–H groups in total. The van der Waals surface area contributed by atoms with Crippen molar-refractivity contribution in [1.29, 1.82) is 0 Å². The second-order valence-electron chi connectivity index (χ2n) is 6.40. The van der Waals surface area contributed by atoms with Gasteiger partial charge >= 0.3 is 0 Å². The summed E-state index contributed by atoms with van der Waals surface area (Å²) in [4.78, 5) is 0. The van der Waals surface area contributed by atoms with Crippen molar-refractivity contribution in [2.45, 2.75) is 71.6 Å². The number of hydrogen-bond acceptors (Lipinski definition) is 0. The average Bonchev–Trinajstić information content (AvgIpc) is 2.94. The number of unbranched alkanes of at least 4 members (excludes halogenated alkanes) is 7. The number of allylic oxidation sites excluding steroid dienone is 1. The van der Waals surface area contributed by atoms with Gasteiger partial charge in [-0.2, -0.15) is 0 Å². The van der Waals surface area contributed by atoms with Crippen LogP contribution in [0.5, 0.6) is 0 Å². The van der Waals surface area contributed by atoms with Crippen molar-refractivity contribution < 1.29 is 0 Å². The molecule has 1 aliphatic rings. The van der Waals surface area contributed by atoms with Gasteiger partial charge in [0.2, 0.25) is 0 Å². The van der Waals surface area contributed by atoms with Crippen LogP contribution in [0.4, 0.5) is 0 Å². The predicted octanol–water partition coefficient (Wildman–Crippen LogP) is 6.78. The molecule has 1 unspecified atom stereocenters. The van der Waals surface area contributed by atoms with E-state index in [1.807, 2.05) is 0 Å². The number of rotatable bonds is 10. The number of fused-ring (bicyclic) bond motifs is 1. The van der Waals surface area contributed by atoms with Crippen LogP contribution in [0.2, 0.25) is 0 Å². The fraction of sp³-hybridized carbons (Fsp3) is 0.600. The third-order valence-corrected chi connectivity index (χ3v) is 5.96. The summed E-state index contributed by atoms with van der Waals surface area (Å²) in [7, 11) is 1.45.